The molecule has 0 saturated heterocycles. The summed E-state index contributed by atoms with van der Waals surface area (Å²) < 4.78 is 0. The molecule has 0 amide bonds. The molecule has 0 spiro atoms. The van der Waals surface area contributed by atoms with E-state index in [1.165, 1.54) is 11.1 Å². The minimum absolute atomic E-state index is 0.589. The van der Waals surface area contributed by atoms with Crippen molar-refractivity contribution in [3.05, 3.63) is 54.2 Å². The molecule has 1 aromatic carbocycles. The number of nitrogens with zero attached hydrogens (tertiary/aromatic N) is 2. The van der Waals surface area contributed by atoms with E-state index in [1.807, 2.05) is 12.1 Å². The van der Waals surface area contributed by atoms with Gasteiger partial charge in [0.2, 0.25) is 5.95 Å². The van der Waals surface area contributed by atoms with Gasteiger partial charge < -0.3 is 10.6 Å². The molecule has 2 N–H and O–H groups in total. The first-order valence-electron chi connectivity index (χ1n) is 6.22. The number of benzene rings is 1. The number of anilines is 3. The number of rotatable bonds is 5. The lowest BCUT2D eigenvalue weighted by Gasteiger charge is -2.12. The number of nitrogens with one attached hydrogen (secondary N) is 2. The van der Waals surface area contributed by atoms with Gasteiger partial charge in [0, 0.05) is 18.4 Å². The van der Waals surface area contributed by atoms with E-state index in [0.29, 0.717) is 12.5 Å². The minimum Gasteiger partial charge on any atom is -0.366 e. The molecule has 4 nitrogen and oxygen atoms in total. The highest BCUT2D eigenvalue weighted by Crippen LogP contribution is 2.22. The first-order valence-corrected chi connectivity index (χ1v) is 6.22. The highest BCUT2D eigenvalue weighted by atomic mass is 15.1. The molecule has 0 unspecified atom stereocenters. The van der Waals surface area contributed by atoms with Gasteiger partial charge in [-0.2, -0.15) is 4.98 Å². The van der Waals surface area contributed by atoms with Crippen molar-refractivity contribution >= 4 is 17.5 Å². The van der Waals surface area contributed by atoms with Gasteiger partial charge in [0.05, 0.1) is 0 Å². The molecule has 0 aliphatic rings. The highest BCUT2D eigenvalue weighted by molar-refractivity contribution is 5.63. The molecule has 0 aliphatic heterocycles. The zero-order valence-corrected chi connectivity index (χ0v) is 11.3. The lowest BCUT2D eigenvalue weighted by Crippen LogP contribution is -2.04. The van der Waals surface area contributed by atoms with Crippen LogP contribution in [0.3, 0.4) is 0 Å². The number of aryl methyl sites for hydroxylation is 2. The van der Waals surface area contributed by atoms with Gasteiger partial charge in [0.25, 0.3) is 0 Å². The summed E-state index contributed by atoms with van der Waals surface area (Å²) >= 11 is 0. The summed E-state index contributed by atoms with van der Waals surface area (Å²) in [5, 5.41) is 6.41. The van der Waals surface area contributed by atoms with Gasteiger partial charge in [-0.3, -0.25) is 0 Å². The van der Waals surface area contributed by atoms with Crippen LogP contribution < -0.4 is 10.6 Å². The van der Waals surface area contributed by atoms with E-state index in [0.717, 1.165) is 11.5 Å². The molecule has 19 heavy (non-hydrogen) atoms. The van der Waals surface area contributed by atoms with E-state index in [-0.39, 0.29) is 0 Å². The molecule has 0 fully saturated rings. The van der Waals surface area contributed by atoms with Gasteiger partial charge in [-0.1, -0.05) is 24.3 Å². The number of para-hydroxylation sites is 1. The summed E-state index contributed by atoms with van der Waals surface area (Å²) in [7, 11) is 0. The molecule has 4 heteroatoms. The predicted molar refractivity (Wildman–Crippen MR) is 79.9 cm³/mol. The molecular formula is C15H18N4. The SMILES string of the molecule is C=CCNc1ccnc(Nc2c(C)cccc2C)n1. The van der Waals surface area contributed by atoms with Crippen LogP contribution in [0.15, 0.2) is 43.1 Å². The Balaban J connectivity index is 2.21. The van der Waals surface area contributed by atoms with Crippen LogP contribution >= 0.6 is 0 Å². The number of hydrogen-bond donors (Lipinski definition) is 2. The maximum atomic E-state index is 4.41. The Morgan fingerprint density at radius 2 is 1.95 bits per heavy atom. The quantitative estimate of drug-likeness (QED) is 0.802. The second kappa shape index (κ2) is 6.00. The van der Waals surface area contributed by atoms with Crippen LogP contribution in [0.1, 0.15) is 11.1 Å². The lowest BCUT2D eigenvalue weighted by atomic mass is 10.1. The summed E-state index contributed by atoms with van der Waals surface area (Å²) in [6.45, 7) is 8.48. The topological polar surface area (TPSA) is 49.8 Å². The third kappa shape index (κ3) is 3.31. The molecule has 0 saturated carbocycles. The standard InChI is InChI=1S/C15H18N4/c1-4-9-16-13-8-10-17-15(18-13)19-14-11(2)6-5-7-12(14)3/h4-8,10H,1,9H2,2-3H3,(H2,16,17,18,19). The third-order valence-corrected chi connectivity index (χ3v) is 2.80. The van der Waals surface area contributed by atoms with Crippen LogP contribution in [-0.4, -0.2) is 16.5 Å². The minimum atomic E-state index is 0.589. The molecule has 2 rings (SSSR count). The summed E-state index contributed by atoms with van der Waals surface area (Å²) in [5.74, 6) is 1.37. The summed E-state index contributed by atoms with van der Waals surface area (Å²) in [6.07, 6.45) is 3.52. The second-order valence-corrected chi connectivity index (χ2v) is 4.33. The molecule has 98 valence electrons. The second-order valence-electron chi connectivity index (χ2n) is 4.33. The average molecular weight is 254 g/mol. The smallest absolute Gasteiger partial charge is 0.229 e. The molecular weight excluding hydrogens is 236 g/mol. The van der Waals surface area contributed by atoms with Crippen LogP contribution in [0.5, 0.6) is 0 Å². The molecule has 0 aliphatic carbocycles. The van der Waals surface area contributed by atoms with E-state index < -0.39 is 0 Å². The van der Waals surface area contributed by atoms with Crippen molar-refractivity contribution in [3.8, 4) is 0 Å². The van der Waals surface area contributed by atoms with Crippen LogP contribution in [0, 0.1) is 13.8 Å². The van der Waals surface area contributed by atoms with Crippen LogP contribution in [0.2, 0.25) is 0 Å². The molecule has 1 heterocycles. The van der Waals surface area contributed by atoms with Crippen molar-refractivity contribution in [1.82, 2.24) is 9.97 Å². The molecule has 0 atom stereocenters. The van der Waals surface area contributed by atoms with Gasteiger partial charge >= 0.3 is 0 Å². The number of aromatic nitrogens is 2. The van der Waals surface area contributed by atoms with E-state index in [2.05, 4.69) is 53.2 Å². The zero-order chi connectivity index (χ0) is 13.7. The van der Waals surface area contributed by atoms with Crippen molar-refractivity contribution < 1.29 is 0 Å². The summed E-state index contributed by atoms with van der Waals surface area (Å²) in [5.41, 5.74) is 3.41. The lowest BCUT2D eigenvalue weighted by molar-refractivity contribution is 1.13. The molecule has 0 radical (unpaired) electrons. The zero-order valence-electron chi connectivity index (χ0n) is 11.3. The molecule has 1 aromatic heterocycles. The van der Waals surface area contributed by atoms with E-state index in [9.17, 15) is 0 Å². The predicted octanol–water partition coefficient (Wildman–Crippen LogP) is 3.43. The Kier molecular flexibility index (Phi) is 4.13. The third-order valence-electron chi connectivity index (χ3n) is 2.80. The fraction of sp³-hybridized carbons (Fsp3) is 0.200. The maximum Gasteiger partial charge on any atom is 0.229 e. The van der Waals surface area contributed by atoms with E-state index >= 15 is 0 Å². The maximum absolute atomic E-state index is 4.41. The monoisotopic (exact) mass is 254 g/mol. The van der Waals surface area contributed by atoms with Gasteiger partial charge in [-0.15, -0.1) is 6.58 Å². The van der Waals surface area contributed by atoms with Crippen molar-refractivity contribution in [2.75, 3.05) is 17.2 Å². The van der Waals surface area contributed by atoms with Crippen LogP contribution in [0.4, 0.5) is 17.5 Å². The summed E-state index contributed by atoms with van der Waals surface area (Å²) in [6, 6.07) is 8.00. The normalized spacial score (nSPS) is 10.0. The van der Waals surface area contributed by atoms with Crippen LogP contribution in [-0.2, 0) is 0 Å². The molecule has 0 bridgehead atoms. The Labute approximate surface area is 113 Å². The Hall–Kier alpha value is -2.36. The molecule has 2 aromatic rings. The first-order chi connectivity index (χ1) is 9.20. The fourth-order valence-corrected chi connectivity index (χ4v) is 1.82. The first kappa shape index (κ1) is 13.1. The van der Waals surface area contributed by atoms with E-state index in [1.54, 1.807) is 12.3 Å². The highest BCUT2D eigenvalue weighted by Gasteiger charge is 2.04. The van der Waals surface area contributed by atoms with Crippen molar-refractivity contribution in [2.24, 2.45) is 0 Å². The number of hydrogen-bond acceptors (Lipinski definition) is 4. The largest absolute Gasteiger partial charge is 0.366 e. The van der Waals surface area contributed by atoms with Gasteiger partial charge in [-0.25, -0.2) is 4.98 Å². The Bertz CT molecular complexity index is 558. The fourth-order valence-electron chi connectivity index (χ4n) is 1.82. The van der Waals surface area contributed by atoms with Crippen molar-refractivity contribution in [1.29, 1.82) is 0 Å². The Morgan fingerprint density at radius 3 is 2.63 bits per heavy atom. The summed E-state index contributed by atoms with van der Waals surface area (Å²) in [4.78, 5) is 8.64. The van der Waals surface area contributed by atoms with Gasteiger partial charge in [0.15, 0.2) is 0 Å². The van der Waals surface area contributed by atoms with Gasteiger partial charge in [0.1, 0.15) is 5.82 Å². The van der Waals surface area contributed by atoms with Crippen molar-refractivity contribution in [2.45, 2.75) is 13.8 Å². The van der Waals surface area contributed by atoms with Gasteiger partial charge in [-0.05, 0) is 31.0 Å². The Morgan fingerprint density at radius 1 is 1.21 bits per heavy atom. The average Bonchev–Trinajstić information content (AvgIpc) is 2.41. The van der Waals surface area contributed by atoms with E-state index in [4.69, 9.17) is 0 Å². The van der Waals surface area contributed by atoms with Crippen LogP contribution in [0.25, 0.3) is 0 Å². The van der Waals surface area contributed by atoms with Crippen molar-refractivity contribution in [3.63, 3.8) is 0 Å².